The summed E-state index contributed by atoms with van der Waals surface area (Å²) < 4.78 is 0. The van der Waals surface area contributed by atoms with Gasteiger partial charge >= 0.3 is 0 Å². The second-order valence-corrected chi connectivity index (χ2v) is 5.68. The van der Waals surface area contributed by atoms with E-state index >= 15 is 0 Å². The van der Waals surface area contributed by atoms with Gasteiger partial charge in [0.25, 0.3) is 0 Å². The molecule has 0 aliphatic carbocycles. The van der Waals surface area contributed by atoms with Crippen LogP contribution >= 0.6 is 0 Å². The second kappa shape index (κ2) is 5.25. The van der Waals surface area contributed by atoms with Gasteiger partial charge < -0.3 is 14.8 Å². The topological polar surface area (TPSA) is 71.6 Å². The number of carbonyl (C=O) groups excluding carboxylic acids is 1. The first-order chi connectivity index (χ1) is 8.57. The van der Waals surface area contributed by atoms with Crippen LogP contribution in [0.4, 0.5) is 0 Å². The number of nitrogens with one attached hydrogen (secondary N) is 1. The molecule has 0 radical (unpaired) electrons. The van der Waals surface area contributed by atoms with Crippen LogP contribution in [-0.4, -0.2) is 49.6 Å². The highest BCUT2D eigenvalue weighted by molar-refractivity contribution is 5.67. The third kappa shape index (κ3) is 2.50. The Hall–Kier alpha value is -1.12. The molecule has 2 heterocycles. The minimum atomic E-state index is -0.937. The highest BCUT2D eigenvalue weighted by atomic mass is 16.4. The molecule has 2 aliphatic rings. The summed E-state index contributed by atoms with van der Waals surface area (Å²) in [5, 5.41) is 20.4. The molecule has 18 heavy (non-hydrogen) atoms. The van der Waals surface area contributed by atoms with Crippen LogP contribution in [0.5, 0.6) is 0 Å². The number of hydrogen-bond acceptors (Lipinski definition) is 4. The van der Waals surface area contributed by atoms with Gasteiger partial charge in [0.15, 0.2) is 0 Å². The van der Waals surface area contributed by atoms with Gasteiger partial charge in [0, 0.05) is 37.8 Å². The zero-order valence-electron chi connectivity index (χ0n) is 10.9. The van der Waals surface area contributed by atoms with Crippen molar-refractivity contribution in [2.45, 2.75) is 31.2 Å². The smallest absolute Gasteiger partial charge is 0.119 e. The zero-order valence-corrected chi connectivity index (χ0v) is 10.9. The van der Waals surface area contributed by atoms with Crippen molar-refractivity contribution in [2.24, 2.45) is 5.92 Å². The standard InChI is InChI=1S/C13H21N3O2/c1-15-8-4-13(10-14,5-9-15)16-6-2-11(3-7-16)12(17)18/h11H,2-9H2,1H3,(H,17,18). The highest BCUT2D eigenvalue weighted by Crippen LogP contribution is 2.29. The van der Waals surface area contributed by atoms with Crippen molar-refractivity contribution >= 4 is 5.97 Å². The molecule has 2 rings (SSSR count). The predicted octanol–water partition coefficient (Wildman–Crippen LogP) is -1.98. The summed E-state index contributed by atoms with van der Waals surface area (Å²) in [7, 11) is 2.16. The Bertz CT molecular complexity index is 348. The number of piperidine rings is 2. The summed E-state index contributed by atoms with van der Waals surface area (Å²) in [5.41, 5.74) is -0.351. The molecule has 0 aromatic rings. The fourth-order valence-electron chi connectivity index (χ4n) is 3.13. The van der Waals surface area contributed by atoms with E-state index in [0.29, 0.717) is 25.9 Å². The number of quaternary nitrogens is 1. The van der Waals surface area contributed by atoms with E-state index in [4.69, 9.17) is 0 Å². The second-order valence-electron chi connectivity index (χ2n) is 5.68. The first kappa shape index (κ1) is 13.3. The Balaban J connectivity index is 1.99. The van der Waals surface area contributed by atoms with Crippen LogP contribution in [-0.2, 0) is 4.79 Å². The first-order valence-corrected chi connectivity index (χ1v) is 6.76. The van der Waals surface area contributed by atoms with Crippen LogP contribution in [0.2, 0.25) is 0 Å². The van der Waals surface area contributed by atoms with Gasteiger partial charge in [0.05, 0.1) is 26.2 Å². The Morgan fingerprint density at radius 2 is 1.94 bits per heavy atom. The van der Waals surface area contributed by atoms with Gasteiger partial charge in [-0.05, 0) is 12.8 Å². The first-order valence-electron chi connectivity index (χ1n) is 6.76. The normalized spacial score (nSPS) is 35.0. The lowest BCUT2D eigenvalue weighted by Crippen LogP contribution is -3.11. The fraction of sp³-hybridized carbons (Fsp3) is 0.846. The number of aliphatic carboxylic acids is 1. The molecule has 1 N–H and O–H groups in total. The van der Waals surface area contributed by atoms with Crippen LogP contribution in [0.1, 0.15) is 25.7 Å². The number of likely N-dealkylation sites (tertiary alicyclic amines) is 2. The summed E-state index contributed by atoms with van der Waals surface area (Å²) in [4.78, 5) is 14.5. The minimum absolute atomic E-state index is 0.325. The maximum absolute atomic E-state index is 10.8. The molecule has 2 aliphatic heterocycles. The summed E-state index contributed by atoms with van der Waals surface area (Å²) in [5.74, 6) is -1.26. The average Bonchev–Trinajstić information content (AvgIpc) is 2.40. The van der Waals surface area contributed by atoms with Crippen molar-refractivity contribution in [1.82, 2.24) is 4.90 Å². The number of nitrogens with zero attached hydrogens (tertiary/aromatic N) is 2. The largest absolute Gasteiger partial charge is 0.550 e. The van der Waals surface area contributed by atoms with E-state index < -0.39 is 5.97 Å². The van der Waals surface area contributed by atoms with Crippen molar-refractivity contribution < 1.29 is 14.8 Å². The maximum atomic E-state index is 10.8. The van der Waals surface area contributed by atoms with Crippen molar-refractivity contribution in [2.75, 3.05) is 33.2 Å². The Kier molecular flexibility index (Phi) is 3.88. The molecule has 0 spiro atoms. The predicted molar refractivity (Wildman–Crippen MR) is 63.5 cm³/mol. The molecule has 0 saturated carbocycles. The lowest BCUT2D eigenvalue weighted by atomic mass is 9.84. The summed E-state index contributed by atoms with van der Waals surface area (Å²) >= 11 is 0. The molecular formula is C13H21N3O2. The molecule has 0 bridgehead atoms. The van der Waals surface area contributed by atoms with Gasteiger partial charge in [0.2, 0.25) is 0 Å². The van der Waals surface area contributed by atoms with E-state index in [2.05, 4.69) is 18.0 Å². The monoisotopic (exact) mass is 251 g/mol. The van der Waals surface area contributed by atoms with Gasteiger partial charge in [-0.15, -0.1) is 0 Å². The Morgan fingerprint density at radius 1 is 1.39 bits per heavy atom. The van der Waals surface area contributed by atoms with Crippen LogP contribution in [0, 0.1) is 17.2 Å². The fourth-order valence-corrected chi connectivity index (χ4v) is 3.13. The Labute approximate surface area is 108 Å². The number of rotatable bonds is 2. The number of carbonyl (C=O) groups is 1. The van der Waals surface area contributed by atoms with Gasteiger partial charge in [-0.3, -0.25) is 4.90 Å². The molecule has 2 fully saturated rings. The molecular weight excluding hydrogens is 230 g/mol. The van der Waals surface area contributed by atoms with Crippen LogP contribution < -0.4 is 10.0 Å². The van der Waals surface area contributed by atoms with Crippen LogP contribution in [0.15, 0.2) is 0 Å². The summed E-state index contributed by atoms with van der Waals surface area (Å²) in [6.45, 7) is 3.47. The van der Waals surface area contributed by atoms with Crippen LogP contribution in [0.3, 0.4) is 0 Å². The lowest BCUT2D eigenvalue weighted by molar-refractivity contribution is -0.886. The van der Waals surface area contributed by atoms with E-state index in [1.165, 1.54) is 4.90 Å². The zero-order chi connectivity index (χ0) is 13.2. The molecule has 5 nitrogen and oxygen atoms in total. The van der Waals surface area contributed by atoms with Crippen molar-refractivity contribution in [3.8, 4) is 6.07 Å². The molecule has 0 aromatic heterocycles. The number of hydrogen-bond donors (Lipinski definition) is 1. The third-order valence-corrected chi connectivity index (χ3v) is 4.57. The van der Waals surface area contributed by atoms with Crippen molar-refractivity contribution in [3.63, 3.8) is 0 Å². The summed E-state index contributed by atoms with van der Waals surface area (Å²) in [6, 6.07) is 2.50. The van der Waals surface area contributed by atoms with E-state index in [-0.39, 0.29) is 11.5 Å². The Morgan fingerprint density at radius 3 is 2.39 bits per heavy atom. The molecule has 0 unspecified atom stereocenters. The molecule has 5 heteroatoms. The van der Waals surface area contributed by atoms with Crippen molar-refractivity contribution in [3.05, 3.63) is 0 Å². The van der Waals surface area contributed by atoms with Gasteiger partial charge in [-0.2, -0.15) is 5.26 Å². The van der Waals surface area contributed by atoms with Gasteiger partial charge in [0.1, 0.15) is 5.54 Å². The minimum Gasteiger partial charge on any atom is -0.550 e. The highest BCUT2D eigenvalue weighted by Gasteiger charge is 2.42. The van der Waals surface area contributed by atoms with E-state index in [9.17, 15) is 15.2 Å². The molecule has 0 amide bonds. The number of carboxylic acids is 1. The van der Waals surface area contributed by atoms with Crippen molar-refractivity contribution in [1.29, 1.82) is 5.26 Å². The molecule has 0 aromatic carbocycles. The molecule has 2 saturated heterocycles. The quantitative estimate of drug-likeness (QED) is 0.617. The van der Waals surface area contributed by atoms with E-state index in [1.54, 1.807) is 0 Å². The molecule has 0 atom stereocenters. The third-order valence-electron chi connectivity index (χ3n) is 4.57. The van der Waals surface area contributed by atoms with Gasteiger partial charge in [-0.25, -0.2) is 0 Å². The number of carboxylic acid groups (broad SMARTS) is 1. The summed E-state index contributed by atoms with van der Waals surface area (Å²) in [6.07, 6.45) is 3.03. The average molecular weight is 251 g/mol. The van der Waals surface area contributed by atoms with Gasteiger partial charge in [-0.1, -0.05) is 0 Å². The number of nitriles is 1. The maximum Gasteiger partial charge on any atom is 0.119 e. The van der Waals surface area contributed by atoms with E-state index in [0.717, 1.165) is 25.9 Å². The molecule has 100 valence electrons. The lowest BCUT2D eigenvalue weighted by Gasteiger charge is -2.45. The van der Waals surface area contributed by atoms with Crippen LogP contribution in [0.25, 0.3) is 0 Å². The SMILES string of the molecule is C[NH+]1CCC(C#N)(N2CCC(C(=O)[O-])CC2)CC1. The van der Waals surface area contributed by atoms with E-state index in [1.807, 2.05) is 0 Å².